The minimum Gasteiger partial charge on any atom is -0.192 e. The van der Waals surface area contributed by atoms with Crippen molar-refractivity contribution in [3.05, 3.63) is 34.4 Å². The second-order valence-electron chi connectivity index (χ2n) is 8.77. The number of hydrogen-bond donors (Lipinski definition) is 0. The Labute approximate surface area is 165 Å². The van der Waals surface area contributed by atoms with Crippen LogP contribution in [0.3, 0.4) is 0 Å². The monoisotopic (exact) mass is 362 g/mol. The van der Waals surface area contributed by atoms with Crippen LogP contribution in [0.1, 0.15) is 124 Å². The van der Waals surface area contributed by atoms with Gasteiger partial charge in [-0.05, 0) is 67.4 Å². The van der Waals surface area contributed by atoms with Crippen molar-refractivity contribution in [2.24, 2.45) is 5.92 Å². The lowest BCUT2D eigenvalue weighted by Gasteiger charge is -2.30. The molecule has 0 unspecified atom stereocenters. The highest BCUT2D eigenvalue weighted by atomic mass is 14.4. The molecule has 0 radical (unpaired) electrons. The zero-order valence-corrected chi connectivity index (χ0v) is 17.0. The number of nitrogens with zero attached hydrogens (tertiary/aromatic N) is 2. The molecule has 0 atom stereocenters. The number of benzene rings is 1. The molecule has 1 aromatic carbocycles. The zero-order chi connectivity index (χ0) is 19.1. The molecule has 2 nitrogen and oxygen atoms in total. The number of unbranched alkanes of at least 4 members (excludes halogenated alkanes) is 2. The summed E-state index contributed by atoms with van der Waals surface area (Å²) in [6.45, 7) is 2.27. The van der Waals surface area contributed by atoms with Crippen molar-refractivity contribution >= 4 is 0 Å². The zero-order valence-electron chi connectivity index (χ0n) is 17.0. The molecular formula is C25H34N2. The fraction of sp³-hybridized carbons (Fsp3) is 0.680. The summed E-state index contributed by atoms with van der Waals surface area (Å²) in [4.78, 5) is 0. The highest BCUT2D eigenvalue weighted by Crippen LogP contribution is 2.42. The van der Waals surface area contributed by atoms with Gasteiger partial charge in [-0.2, -0.15) is 10.5 Å². The molecule has 27 heavy (non-hydrogen) atoms. The van der Waals surface area contributed by atoms with Crippen molar-refractivity contribution in [1.82, 2.24) is 0 Å². The average Bonchev–Trinajstić information content (AvgIpc) is 2.74. The second kappa shape index (κ2) is 9.94. The summed E-state index contributed by atoms with van der Waals surface area (Å²) >= 11 is 0. The average molecular weight is 363 g/mol. The first-order chi connectivity index (χ1) is 13.3. The van der Waals surface area contributed by atoms with Gasteiger partial charge in [0.05, 0.1) is 11.1 Å². The number of nitriles is 2. The topological polar surface area (TPSA) is 47.6 Å². The molecule has 2 saturated carbocycles. The summed E-state index contributed by atoms with van der Waals surface area (Å²) in [6.07, 6.45) is 16.5. The van der Waals surface area contributed by atoms with Crippen molar-refractivity contribution in [2.75, 3.05) is 0 Å². The molecule has 2 aliphatic carbocycles. The lowest BCUT2D eigenvalue weighted by atomic mass is 9.74. The van der Waals surface area contributed by atoms with Gasteiger partial charge in [0, 0.05) is 0 Å². The number of hydrogen-bond acceptors (Lipinski definition) is 2. The van der Waals surface area contributed by atoms with Gasteiger partial charge in [0.25, 0.3) is 0 Å². The molecule has 1 aromatic rings. The molecule has 0 amide bonds. The summed E-state index contributed by atoms with van der Waals surface area (Å²) in [5.41, 5.74) is 3.67. The highest BCUT2D eigenvalue weighted by molar-refractivity contribution is 5.56. The van der Waals surface area contributed by atoms with Crippen LogP contribution in [0.25, 0.3) is 0 Å². The van der Waals surface area contributed by atoms with Crippen molar-refractivity contribution in [1.29, 1.82) is 10.5 Å². The smallest absolute Gasteiger partial charge is 0.101 e. The Morgan fingerprint density at radius 2 is 1.33 bits per heavy atom. The lowest BCUT2D eigenvalue weighted by Crippen LogP contribution is -2.16. The predicted molar refractivity (Wildman–Crippen MR) is 111 cm³/mol. The van der Waals surface area contributed by atoms with E-state index in [2.05, 4.69) is 31.2 Å². The first kappa shape index (κ1) is 19.9. The van der Waals surface area contributed by atoms with E-state index < -0.39 is 0 Å². The Morgan fingerprint density at radius 3 is 1.85 bits per heavy atom. The largest absolute Gasteiger partial charge is 0.192 e. The van der Waals surface area contributed by atoms with E-state index in [1.54, 1.807) is 0 Å². The predicted octanol–water partition coefficient (Wildman–Crippen LogP) is 7.33. The maximum absolute atomic E-state index is 9.88. The van der Waals surface area contributed by atoms with E-state index in [0.717, 1.165) is 17.0 Å². The van der Waals surface area contributed by atoms with E-state index in [-0.39, 0.29) is 0 Å². The Hall–Kier alpha value is -1.80. The van der Waals surface area contributed by atoms with E-state index in [4.69, 9.17) is 0 Å². The summed E-state index contributed by atoms with van der Waals surface area (Å²) in [5.74, 6) is 1.81. The van der Waals surface area contributed by atoms with Gasteiger partial charge in [-0.15, -0.1) is 0 Å². The molecule has 0 bridgehead atoms. The SMILES string of the molecule is CCCCC[C@H]1CC[C@H](c2ccc(C3CCCCC3)c(C#N)c2C#N)CC1. The molecule has 0 aliphatic heterocycles. The van der Waals surface area contributed by atoms with Crippen LogP contribution in [0.4, 0.5) is 0 Å². The molecule has 0 saturated heterocycles. The van der Waals surface area contributed by atoms with Crippen LogP contribution >= 0.6 is 0 Å². The van der Waals surface area contributed by atoms with E-state index in [1.807, 2.05) is 0 Å². The van der Waals surface area contributed by atoms with Crippen LogP contribution in [-0.4, -0.2) is 0 Å². The van der Waals surface area contributed by atoms with Crippen LogP contribution in [0, 0.1) is 28.6 Å². The standard InChI is InChI=1S/C25H34N2/c1-2-3-5-8-19-11-13-21(14-12-19)23-16-15-22(20-9-6-4-7-10-20)24(17-26)25(23)18-27/h15-16,19-21H,2-14H2,1H3/t19-,21-. The Morgan fingerprint density at radius 1 is 0.778 bits per heavy atom. The normalized spacial score (nSPS) is 23.5. The van der Waals surface area contributed by atoms with E-state index in [1.165, 1.54) is 83.5 Å². The summed E-state index contributed by atoms with van der Waals surface area (Å²) in [5, 5.41) is 19.7. The van der Waals surface area contributed by atoms with Gasteiger partial charge in [0.2, 0.25) is 0 Å². The highest BCUT2D eigenvalue weighted by Gasteiger charge is 2.27. The molecule has 0 aromatic heterocycles. The fourth-order valence-corrected chi connectivity index (χ4v) is 5.41. The van der Waals surface area contributed by atoms with Gasteiger partial charge in [0.1, 0.15) is 12.1 Å². The molecule has 144 valence electrons. The lowest BCUT2D eigenvalue weighted by molar-refractivity contribution is 0.302. The van der Waals surface area contributed by atoms with E-state index in [0.29, 0.717) is 23.0 Å². The summed E-state index contributed by atoms with van der Waals surface area (Å²) in [7, 11) is 0. The maximum Gasteiger partial charge on any atom is 0.101 e. The van der Waals surface area contributed by atoms with Crippen molar-refractivity contribution in [2.45, 2.75) is 102 Å². The van der Waals surface area contributed by atoms with Crippen molar-refractivity contribution < 1.29 is 0 Å². The fourth-order valence-electron chi connectivity index (χ4n) is 5.41. The van der Waals surface area contributed by atoms with Crippen LogP contribution in [0.15, 0.2) is 12.1 Å². The minimum absolute atomic E-state index is 0.467. The van der Waals surface area contributed by atoms with E-state index in [9.17, 15) is 10.5 Å². The van der Waals surface area contributed by atoms with Crippen molar-refractivity contribution in [3.63, 3.8) is 0 Å². The van der Waals surface area contributed by atoms with Gasteiger partial charge in [-0.3, -0.25) is 0 Å². The Bertz CT molecular complexity index is 692. The third kappa shape index (κ3) is 4.73. The van der Waals surface area contributed by atoms with Gasteiger partial charge >= 0.3 is 0 Å². The third-order valence-electron chi connectivity index (χ3n) is 7.04. The molecule has 2 heteroatoms. The van der Waals surface area contributed by atoms with Crippen LogP contribution in [-0.2, 0) is 0 Å². The quantitative estimate of drug-likeness (QED) is 0.497. The minimum atomic E-state index is 0.467. The molecule has 0 N–H and O–H groups in total. The number of rotatable bonds is 6. The second-order valence-corrected chi connectivity index (χ2v) is 8.77. The molecular weight excluding hydrogens is 328 g/mol. The summed E-state index contributed by atoms with van der Waals surface area (Å²) in [6, 6.07) is 9.23. The Balaban J connectivity index is 1.75. The maximum atomic E-state index is 9.88. The van der Waals surface area contributed by atoms with Crippen molar-refractivity contribution in [3.8, 4) is 12.1 Å². The van der Waals surface area contributed by atoms with Crippen LogP contribution in [0.5, 0.6) is 0 Å². The molecule has 3 rings (SSSR count). The van der Waals surface area contributed by atoms with Gasteiger partial charge in [0.15, 0.2) is 0 Å². The van der Waals surface area contributed by atoms with Crippen LogP contribution < -0.4 is 0 Å². The first-order valence-electron chi connectivity index (χ1n) is 11.3. The van der Waals surface area contributed by atoms with Crippen LogP contribution in [0.2, 0.25) is 0 Å². The molecule has 0 heterocycles. The summed E-state index contributed by atoms with van der Waals surface area (Å²) < 4.78 is 0. The third-order valence-corrected chi connectivity index (χ3v) is 7.04. The molecule has 2 aliphatic rings. The van der Waals surface area contributed by atoms with Gasteiger partial charge in [-0.1, -0.05) is 64.0 Å². The van der Waals surface area contributed by atoms with Gasteiger partial charge in [-0.25, -0.2) is 0 Å². The molecule has 2 fully saturated rings. The van der Waals surface area contributed by atoms with Gasteiger partial charge < -0.3 is 0 Å². The first-order valence-corrected chi connectivity index (χ1v) is 11.3. The Kier molecular flexibility index (Phi) is 7.34. The van der Waals surface area contributed by atoms with E-state index >= 15 is 0 Å². The molecule has 0 spiro atoms.